The lowest BCUT2D eigenvalue weighted by Crippen LogP contribution is -2.46. The fourth-order valence-electron chi connectivity index (χ4n) is 4.57. The second-order valence-electron chi connectivity index (χ2n) is 8.08. The van der Waals surface area contributed by atoms with Crippen LogP contribution in [-0.4, -0.2) is 26.0 Å². The number of anilines is 1. The van der Waals surface area contributed by atoms with Gasteiger partial charge in [0.2, 0.25) is 0 Å². The second kappa shape index (κ2) is 5.00. The first-order chi connectivity index (χ1) is 10.3. The Bertz CT molecular complexity index is 576. The molecule has 2 bridgehead atoms. The van der Waals surface area contributed by atoms with Crippen LogP contribution in [0, 0.1) is 16.7 Å². The fourth-order valence-corrected chi connectivity index (χ4v) is 4.57. The number of carbonyl (C=O) groups excluding carboxylic acids is 1. The van der Waals surface area contributed by atoms with Crippen molar-refractivity contribution >= 4 is 11.6 Å². The lowest BCUT2D eigenvalue weighted by atomic mass is 9.69. The molecule has 1 N–H and O–H groups in total. The molecule has 3 heteroatoms. The zero-order valence-electron chi connectivity index (χ0n) is 14.4. The number of fused-ring (bicyclic) bond motifs is 2. The third-order valence-electron chi connectivity index (χ3n) is 6.75. The monoisotopic (exact) mass is 300 g/mol. The Labute approximate surface area is 134 Å². The van der Waals surface area contributed by atoms with Gasteiger partial charge in [-0.2, -0.15) is 0 Å². The first-order valence-electron chi connectivity index (χ1n) is 8.34. The molecule has 1 amide bonds. The van der Waals surface area contributed by atoms with Crippen LogP contribution in [-0.2, 0) is 0 Å². The summed E-state index contributed by atoms with van der Waals surface area (Å²) in [6, 6.07) is 8.15. The molecule has 3 atom stereocenters. The molecular weight excluding hydrogens is 272 g/mol. The molecule has 2 saturated carbocycles. The van der Waals surface area contributed by atoms with Gasteiger partial charge in [-0.1, -0.05) is 20.8 Å². The topological polar surface area (TPSA) is 32.3 Å². The van der Waals surface area contributed by atoms with E-state index in [1.807, 2.05) is 43.3 Å². The predicted molar refractivity (Wildman–Crippen MR) is 91.3 cm³/mol. The fraction of sp³-hybridized carbons (Fsp3) is 0.632. The number of carbonyl (C=O) groups is 1. The van der Waals surface area contributed by atoms with Crippen molar-refractivity contribution in [2.75, 3.05) is 19.0 Å². The van der Waals surface area contributed by atoms with Gasteiger partial charge in [-0.15, -0.1) is 0 Å². The van der Waals surface area contributed by atoms with Gasteiger partial charge < -0.3 is 10.2 Å². The van der Waals surface area contributed by atoms with Crippen LogP contribution in [0.25, 0.3) is 0 Å². The van der Waals surface area contributed by atoms with Gasteiger partial charge >= 0.3 is 0 Å². The van der Waals surface area contributed by atoms with E-state index in [4.69, 9.17) is 0 Å². The Morgan fingerprint density at radius 1 is 1.18 bits per heavy atom. The van der Waals surface area contributed by atoms with Crippen molar-refractivity contribution in [2.45, 2.75) is 46.1 Å². The molecule has 0 saturated heterocycles. The molecule has 1 aromatic rings. The molecule has 3 unspecified atom stereocenters. The van der Waals surface area contributed by atoms with Crippen LogP contribution in [0.2, 0.25) is 0 Å². The zero-order chi connectivity index (χ0) is 16.1. The second-order valence-corrected chi connectivity index (χ2v) is 8.08. The van der Waals surface area contributed by atoms with Crippen LogP contribution in [0.4, 0.5) is 5.69 Å². The smallest absolute Gasteiger partial charge is 0.251 e. The van der Waals surface area contributed by atoms with Gasteiger partial charge in [0, 0.05) is 31.4 Å². The molecule has 3 nitrogen and oxygen atoms in total. The summed E-state index contributed by atoms with van der Waals surface area (Å²) in [6.07, 6.45) is 3.67. The van der Waals surface area contributed by atoms with Crippen molar-refractivity contribution in [3.63, 3.8) is 0 Å². The summed E-state index contributed by atoms with van der Waals surface area (Å²) in [5.74, 6) is 0.818. The van der Waals surface area contributed by atoms with Gasteiger partial charge in [0.15, 0.2) is 0 Å². The SMILES string of the molecule is CN(C)c1ccc(C(=O)NC2CC3CCC2(C)C3(C)C)cc1. The van der Waals surface area contributed by atoms with Crippen molar-refractivity contribution in [3.05, 3.63) is 29.8 Å². The Hall–Kier alpha value is -1.51. The molecule has 1 aromatic carbocycles. The first kappa shape index (κ1) is 15.4. The standard InChI is InChI=1S/C19H28N2O/c1-18(2)14-10-11-19(18,3)16(12-14)20-17(22)13-6-8-15(9-7-13)21(4)5/h6-9,14,16H,10-12H2,1-5H3,(H,20,22). The van der Waals surface area contributed by atoms with Crippen molar-refractivity contribution in [1.82, 2.24) is 5.32 Å². The number of nitrogens with one attached hydrogen (secondary N) is 1. The molecule has 2 aliphatic carbocycles. The summed E-state index contributed by atoms with van der Waals surface area (Å²) in [5.41, 5.74) is 2.44. The minimum Gasteiger partial charge on any atom is -0.378 e. The van der Waals surface area contributed by atoms with Crippen LogP contribution < -0.4 is 10.2 Å². The molecule has 3 rings (SSSR count). The highest BCUT2D eigenvalue weighted by Gasteiger charge is 2.61. The van der Waals surface area contributed by atoms with Crippen molar-refractivity contribution in [3.8, 4) is 0 Å². The van der Waals surface area contributed by atoms with Crippen molar-refractivity contribution in [1.29, 1.82) is 0 Å². The Morgan fingerprint density at radius 2 is 1.82 bits per heavy atom. The normalized spacial score (nSPS) is 32.0. The molecule has 0 heterocycles. The van der Waals surface area contributed by atoms with Gasteiger partial charge in [-0.05, 0) is 60.3 Å². The van der Waals surface area contributed by atoms with E-state index in [0.717, 1.165) is 23.6 Å². The quantitative estimate of drug-likeness (QED) is 0.923. The van der Waals surface area contributed by atoms with Gasteiger partial charge in [-0.3, -0.25) is 4.79 Å². The lowest BCUT2D eigenvalue weighted by Gasteiger charge is -2.39. The number of amides is 1. The average molecular weight is 300 g/mol. The Balaban J connectivity index is 1.73. The predicted octanol–water partition coefficient (Wildman–Crippen LogP) is 3.70. The van der Waals surface area contributed by atoms with E-state index in [9.17, 15) is 4.79 Å². The molecule has 2 fully saturated rings. The maximum Gasteiger partial charge on any atom is 0.251 e. The highest BCUT2D eigenvalue weighted by Crippen LogP contribution is 2.65. The van der Waals surface area contributed by atoms with Gasteiger partial charge in [0.1, 0.15) is 0 Å². The summed E-state index contributed by atoms with van der Waals surface area (Å²) in [7, 11) is 4.01. The zero-order valence-corrected chi connectivity index (χ0v) is 14.4. The lowest BCUT2D eigenvalue weighted by molar-refractivity contribution is 0.0826. The van der Waals surface area contributed by atoms with Crippen molar-refractivity contribution < 1.29 is 4.79 Å². The van der Waals surface area contributed by atoms with Crippen LogP contribution in [0.5, 0.6) is 0 Å². The summed E-state index contributed by atoms with van der Waals surface area (Å²) >= 11 is 0. The molecule has 0 aliphatic heterocycles. The summed E-state index contributed by atoms with van der Waals surface area (Å²) in [6.45, 7) is 7.12. The third-order valence-corrected chi connectivity index (χ3v) is 6.75. The van der Waals surface area contributed by atoms with Gasteiger partial charge in [0.05, 0.1) is 0 Å². The van der Waals surface area contributed by atoms with Crippen LogP contribution >= 0.6 is 0 Å². The van der Waals surface area contributed by atoms with Crippen LogP contribution in [0.3, 0.4) is 0 Å². The largest absolute Gasteiger partial charge is 0.378 e. The van der Waals surface area contributed by atoms with E-state index >= 15 is 0 Å². The molecule has 2 aliphatic rings. The molecule has 120 valence electrons. The molecule has 22 heavy (non-hydrogen) atoms. The van der Waals surface area contributed by atoms with E-state index in [1.54, 1.807) is 0 Å². The van der Waals surface area contributed by atoms with E-state index < -0.39 is 0 Å². The van der Waals surface area contributed by atoms with Gasteiger partial charge in [0.25, 0.3) is 5.91 Å². The minimum absolute atomic E-state index is 0.0693. The molecule has 0 spiro atoms. The van der Waals surface area contributed by atoms with Crippen LogP contribution in [0.1, 0.15) is 50.4 Å². The highest BCUT2D eigenvalue weighted by molar-refractivity contribution is 5.94. The van der Waals surface area contributed by atoms with E-state index in [-0.39, 0.29) is 11.3 Å². The highest BCUT2D eigenvalue weighted by atomic mass is 16.1. The average Bonchev–Trinajstić information content (AvgIpc) is 2.80. The van der Waals surface area contributed by atoms with E-state index in [1.165, 1.54) is 12.8 Å². The number of hydrogen-bond acceptors (Lipinski definition) is 2. The van der Waals surface area contributed by atoms with E-state index in [2.05, 4.69) is 26.1 Å². The first-order valence-corrected chi connectivity index (χ1v) is 8.34. The van der Waals surface area contributed by atoms with Crippen molar-refractivity contribution in [2.24, 2.45) is 16.7 Å². The number of nitrogens with zero attached hydrogens (tertiary/aromatic N) is 1. The molecule has 0 aromatic heterocycles. The maximum atomic E-state index is 12.6. The third kappa shape index (κ3) is 2.13. The summed E-state index contributed by atoms with van der Waals surface area (Å²) < 4.78 is 0. The van der Waals surface area contributed by atoms with E-state index in [0.29, 0.717) is 11.5 Å². The van der Waals surface area contributed by atoms with Gasteiger partial charge in [-0.25, -0.2) is 0 Å². The maximum absolute atomic E-state index is 12.6. The minimum atomic E-state index is 0.0693. The Kier molecular flexibility index (Phi) is 3.50. The number of rotatable bonds is 3. The number of benzene rings is 1. The van der Waals surface area contributed by atoms with Crippen LogP contribution in [0.15, 0.2) is 24.3 Å². The Morgan fingerprint density at radius 3 is 2.27 bits per heavy atom. The summed E-state index contributed by atoms with van der Waals surface area (Å²) in [5, 5.41) is 3.32. The molecule has 0 radical (unpaired) electrons. The number of hydrogen-bond donors (Lipinski definition) is 1. The summed E-state index contributed by atoms with van der Waals surface area (Å²) in [4.78, 5) is 14.6. The molecular formula is C19H28N2O.